The summed E-state index contributed by atoms with van der Waals surface area (Å²) in [6.07, 6.45) is 1.15. The highest BCUT2D eigenvalue weighted by atomic mass is 35.5. The van der Waals surface area contributed by atoms with Crippen LogP contribution in [0.1, 0.15) is 11.1 Å². The molecule has 0 saturated carbocycles. The molecule has 0 unspecified atom stereocenters. The summed E-state index contributed by atoms with van der Waals surface area (Å²) < 4.78 is 30.1. The summed E-state index contributed by atoms with van der Waals surface area (Å²) in [4.78, 5) is 0. The smallest absolute Gasteiger partial charge is 0.208 e. The van der Waals surface area contributed by atoms with Gasteiger partial charge in [-0.25, -0.2) is 13.1 Å². The lowest BCUT2D eigenvalue weighted by atomic mass is 10.2. The first-order valence-electron chi connectivity index (χ1n) is 7.54. The summed E-state index contributed by atoms with van der Waals surface area (Å²) in [5, 5.41) is 3.87. The maximum absolute atomic E-state index is 11.0. The van der Waals surface area contributed by atoms with Crippen molar-refractivity contribution in [1.29, 1.82) is 0 Å². The number of benzene rings is 2. The zero-order valence-corrected chi connectivity index (χ0v) is 15.0. The van der Waals surface area contributed by atoms with E-state index in [0.29, 0.717) is 31.3 Å². The highest BCUT2D eigenvalue weighted by Crippen LogP contribution is 2.19. The lowest BCUT2D eigenvalue weighted by Gasteiger charge is -2.10. The van der Waals surface area contributed by atoms with E-state index in [1.807, 2.05) is 48.5 Å². The molecule has 2 N–H and O–H groups in total. The molecule has 0 aliphatic carbocycles. The van der Waals surface area contributed by atoms with Crippen molar-refractivity contribution < 1.29 is 13.2 Å². The van der Waals surface area contributed by atoms with Crippen LogP contribution in [0, 0.1) is 0 Å². The van der Waals surface area contributed by atoms with Crippen molar-refractivity contribution >= 4 is 21.6 Å². The molecule has 0 radical (unpaired) electrons. The number of rotatable bonds is 9. The fourth-order valence-electron chi connectivity index (χ4n) is 2.08. The molecule has 0 saturated heterocycles. The number of hydrogen-bond acceptors (Lipinski definition) is 4. The Hall–Kier alpha value is -1.60. The van der Waals surface area contributed by atoms with E-state index in [2.05, 4.69) is 10.0 Å². The van der Waals surface area contributed by atoms with Crippen molar-refractivity contribution in [2.45, 2.75) is 13.2 Å². The number of hydrogen-bond donors (Lipinski definition) is 2. The van der Waals surface area contributed by atoms with Crippen LogP contribution < -0.4 is 14.8 Å². The van der Waals surface area contributed by atoms with E-state index in [1.165, 1.54) is 0 Å². The minimum Gasteiger partial charge on any atom is -0.489 e. The Bertz CT molecular complexity index is 766. The Morgan fingerprint density at radius 1 is 1.08 bits per heavy atom. The van der Waals surface area contributed by atoms with Crippen LogP contribution in [0.15, 0.2) is 48.5 Å². The zero-order valence-electron chi connectivity index (χ0n) is 13.5. The predicted molar refractivity (Wildman–Crippen MR) is 96.8 cm³/mol. The minimum atomic E-state index is -3.13. The third-order valence-corrected chi connectivity index (χ3v) is 4.34. The van der Waals surface area contributed by atoms with E-state index < -0.39 is 10.0 Å². The molecule has 2 aromatic carbocycles. The van der Waals surface area contributed by atoms with Crippen molar-refractivity contribution in [1.82, 2.24) is 10.0 Å². The lowest BCUT2D eigenvalue weighted by Crippen LogP contribution is -2.30. The van der Waals surface area contributed by atoms with Gasteiger partial charge in [0.05, 0.1) is 6.26 Å². The number of nitrogens with one attached hydrogen (secondary N) is 2. The summed E-state index contributed by atoms with van der Waals surface area (Å²) in [5.41, 5.74) is 2.00. The van der Waals surface area contributed by atoms with Gasteiger partial charge >= 0.3 is 0 Å². The first-order valence-corrected chi connectivity index (χ1v) is 9.81. The fourth-order valence-corrected chi connectivity index (χ4v) is 2.74. The van der Waals surface area contributed by atoms with E-state index in [4.69, 9.17) is 16.3 Å². The van der Waals surface area contributed by atoms with Crippen LogP contribution in [-0.4, -0.2) is 27.8 Å². The van der Waals surface area contributed by atoms with Gasteiger partial charge in [-0.2, -0.15) is 0 Å². The summed E-state index contributed by atoms with van der Waals surface area (Å²) in [5.74, 6) is 0.767. The van der Waals surface area contributed by atoms with Crippen molar-refractivity contribution in [3.05, 3.63) is 64.7 Å². The highest BCUT2D eigenvalue weighted by molar-refractivity contribution is 7.88. The molecule has 0 amide bonds. The van der Waals surface area contributed by atoms with Crippen molar-refractivity contribution in [3.8, 4) is 5.75 Å². The average molecular weight is 369 g/mol. The van der Waals surface area contributed by atoms with Crippen LogP contribution in [0.2, 0.25) is 5.02 Å². The van der Waals surface area contributed by atoms with Gasteiger partial charge in [-0.1, -0.05) is 41.9 Å². The van der Waals surface area contributed by atoms with Gasteiger partial charge in [-0.05, 0) is 23.8 Å². The van der Waals surface area contributed by atoms with Gasteiger partial charge < -0.3 is 10.1 Å². The first-order chi connectivity index (χ1) is 11.4. The molecule has 2 aromatic rings. The van der Waals surface area contributed by atoms with Gasteiger partial charge in [-0.3, -0.25) is 0 Å². The molecule has 0 bridgehead atoms. The van der Waals surface area contributed by atoms with Crippen molar-refractivity contribution in [2.75, 3.05) is 19.3 Å². The largest absolute Gasteiger partial charge is 0.489 e. The van der Waals surface area contributed by atoms with Crippen LogP contribution in [0.25, 0.3) is 0 Å². The van der Waals surface area contributed by atoms with Crippen LogP contribution in [0.4, 0.5) is 0 Å². The second-order valence-electron chi connectivity index (χ2n) is 5.37. The quantitative estimate of drug-likeness (QED) is 0.667. The Balaban J connectivity index is 1.80. The Morgan fingerprint density at radius 2 is 1.88 bits per heavy atom. The second kappa shape index (κ2) is 9.03. The van der Waals surface area contributed by atoms with Crippen LogP contribution in [0.3, 0.4) is 0 Å². The molecule has 2 rings (SSSR count). The van der Waals surface area contributed by atoms with Crippen LogP contribution in [0.5, 0.6) is 5.75 Å². The van der Waals surface area contributed by atoms with Gasteiger partial charge in [0.25, 0.3) is 0 Å². The van der Waals surface area contributed by atoms with E-state index >= 15 is 0 Å². The predicted octanol–water partition coefficient (Wildman–Crippen LogP) is 2.56. The van der Waals surface area contributed by atoms with Gasteiger partial charge in [0.1, 0.15) is 12.4 Å². The minimum absolute atomic E-state index is 0.363. The Kier molecular flexibility index (Phi) is 7.05. The monoisotopic (exact) mass is 368 g/mol. The molecule has 0 aliphatic rings. The highest BCUT2D eigenvalue weighted by Gasteiger charge is 2.02. The maximum Gasteiger partial charge on any atom is 0.208 e. The summed E-state index contributed by atoms with van der Waals surface area (Å²) in [7, 11) is -3.13. The van der Waals surface area contributed by atoms with Crippen LogP contribution in [-0.2, 0) is 23.2 Å². The molecule has 5 nitrogen and oxygen atoms in total. The van der Waals surface area contributed by atoms with E-state index in [1.54, 1.807) is 0 Å². The van der Waals surface area contributed by atoms with E-state index in [-0.39, 0.29) is 0 Å². The molecule has 0 heterocycles. The Morgan fingerprint density at radius 3 is 2.62 bits per heavy atom. The van der Waals surface area contributed by atoms with Crippen molar-refractivity contribution in [2.24, 2.45) is 0 Å². The molecule has 0 atom stereocenters. The van der Waals surface area contributed by atoms with Gasteiger partial charge in [-0.15, -0.1) is 0 Å². The third kappa shape index (κ3) is 6.88. The lowest BCUT2D eigenvalue weighted by molar-refractivity contribution is 0.306. The number of sulfonamides is 1. The third-order valence-electron chi connectivity index (χ3n) is 3.25. The van der Waals surface area contributed by atoms with Crippen LogP contribution >= 0.6 is 11.6 Å². The first kappa shape index (κ1) is 18.7. The summed E-state index contributed by atoms with van der Waals surface area (Å²) in [6, 6.07) is 15.3. The van der Waals surface area contributed by atoms with Crippen molar-refractivity contribution in [3.63, 3.8) is 0 Å². The molecule has 7 heteroatoms. The second-order valence-corrected chi connectivity index (χ2v) is 7.61. The van der Waals surface area contributed by atoms with Gasteiger partial charge in [0.2, 0.25) is 10.0 Å². The summed E-state index contributed by atoms with van der Waals surface area (Å²) in [6.45, 7) is 1.96. The topological polar surface area (TPSA) is 67.4 Å². The standard InChI is InChI=1S/C17H21ClN2O3S/c1-24(21,22)20-10-9-19-12-14-5-4-7-16(11-14)23-13-15-6-2-3-8-17(15)18/h2-8,11,19-20H,9-10,12-13H2,1H3. The average Bonchev–Trinajstić information content (AvgIpc) is 2.53. The molecule has 0 aromatic heterocycles. The molecule has 24 heavy (non-hydrogen) atoms. The van der Waals surface area contributed by atoms with Gasteiger partial charge in [0.15, 0.2) is 0 Å². The normalized spacial score (nSPS) is 11.4. The Labute approximate surface area is 148 Å². The SMILES string of the molecule is CS(=O)(=O)NCCNCc1cccc(OCc2ccccc2Cl)c1. The number of halogens is 1. The number of ether oxygens (including phenoxy) is 1. The molecule has 0 fully saturated rings. The molecular formula is C17H21ClN2O3S. The molecular weight excluding hydrogens is 348 g/mol. The van der Waals surface area contributed by atoms with E-state index in [0.717, 1.165) is 23.1 Å². The molecule has 130 valence electrons. The molecule has 0 aliphatic heterocycles. The zero-order chi connectivity index (χ0) is 17.4. The van der Waals surface area contributed by atoms with Gasteiger partial charge in [0, 0.05) is 30.2 Å². The fraction of sp³-hybridized carbons (Fsp3) is 0.294. The van der Waals surface area contributed by atoms with E-state index in [9.17, 15) is 8.42 Å². The molecule has 0 spiro atoms. The maximum atomic E-state index is 11.0. The summed E-state index contributed by atoms with van der Waals surface area (Å²) >= 11 is 6.11.